The van der Waals surface area contributed by atoms with Crippen LogP contribution in [-0.2, 0) is 12.5 Å². The normalized spacial score (nSPS) is 21.2. The van der Waals surface area contributed by atoms with E-state index in [1.807, 2.05) is 23.1 Å². The van der Waals surface area contributed by atoms with Gasteiger partial charge >= 0.3 is 0 Å². The predicted octanol–water partition coefficient (Wildman–Crippen LogP) is 2.58. The first-order valence-electron chi connectivity index (χ1n) is 8.01. The quantitative estimate of drug-likeness (QED) is 0.855. The number of hydrogen-bond donors (Lipinski definition) is 0. The van der Waals surface area contributed by atoms with Crippen molar-refractivity contribution < 1.29 is 4.79 Å². The molecule has 1 aromatic carbocycles. The number of piperidine rings is 1. The third-order valence-electron chi connectivity index (χ3n) is 4.79. The first-order valence-corrected chi connectivity index (χ1v) is 8.01. The van der Waals surface area contributed by atoms with Crippen LogP contribution in [0.3, 0.4) is 0 Å². The molecule has 0 spiro atoms. The van der Waals surface area contributed by atoms with Crippen LogP contribution in [0.15, 0.2) is 53.5 Å². The summed E-state index contributed by atoms with van der Waals surface area (Å²) < 4.78 is 1.45. The Labute approximate surface area is 136 Å². The van der Waals surface area contributed by atoms with Gasteiger partial charge in [0.15, 0.2) is 0 Å². The number of aromatic nitrogens is 1. The predicted molar refractivity (Wildman–Crippen MR) is 90.6 cm³/mol. The van der Waals surface area contributed by atoms with Gasteiger partial charge in [0.25, 0.3) is 5.91 Å². The maximum absolute atomic E-state index is 12.8. The lowest BCUT2D eigenvalue weighted by Crippen LogP contribution is -2.47. The van der Waals surface area contributed by atoms with Gasteiger partial charge in [-0.1, -0.05) is 37.3 Å². The molecule has 0 radical (unpaired) electrons. The lowest BCUT2D eigenvalue weighted by molar-refractivity contribution is 0.0650. The minimum Gasteiger partial charge on any atom is -0.338 e. The van der Waals surface area contributed by atoms with E-state index in [9.17, 15) is 9.59 Å². The second-order valence-corrected chi connectivity index (χ2v) is 6.62. The van der Waals surface area contributed by atoms with E-state index < -0.39 is 0 Å². The Morgan fingerprint density at radius 2 is 1.87 bits per heavy atom. The van der Waals surface area contributed by atoms with Crippen LogP contribution < -0.4 is 5.56 Å². The average Bonchev–Trinajstić information content (AvgIpc) is 2.57. The second kappa shape index (κ2) is 6.03. The summed E-state index contributed by atoms with van der Waals surface area (Å²) in [5.74, 6) is 0.00227. The fourth-order valence-corrected chi connectivity index (χ4v) is 3.39. The van der Waals surface area contributed by atoms with Gasteiger partial charge in [0, 0.05) is 37.8 Å². The fourth-order valence-electron chi connectivity index (χ4n) is 3.39. The molecule has 2 aromatic rings. The molecule has 0 bridgehead atoms. The van der Waals surface area contributed by atoms with Gasteiger partial charge in [0.1, 0.15) is 0 Å². The number of carbonyl (C=O) groups excluding carboxylic acids is 1. The Balaban J connectivity index is 1.84. The van der Waals surface area contributed by atoms with Crippen molar-refractivity contribution in [3.63, 3.8) is 0 Å². The van der Waals surface area contributed by atoms with Crippen LogP contribution in [0.1, 0.15) is 35.7 Å². The SMILES string of the molecule is Cn1cc(C(=O)N2CCCC(C)(c3ccccc3)C2)ccc1=O. The number of benzene rings is 1. The van der Waals surface area contributed by atoms with Crippen LogP contribution in [0.25, 0.3) is 0 Å². The van der Waals surface area contributed by atoms with Crippen molar-refractivity contribution in [1.29, 1.82) is 0 Å². The van der Waals surface area contributed by atoms with Gasteiger partial charge in [-0.15, -0.1) is 0 Å². The van der Waals surface area contributed by atoms with Crippen molar-refractivity contribution in [2.24, 2.45) is 7.05 Å². The first-order chi connectivity index (χ1) is 11.0. The van der Waals surface area contributed by atoms with Gasteiger partial charge in [-0.05, 0) is 24.5 Å². The van der Waals surface area contributed by atoms with E-state index in [-0.39, 0.29) is 16.9 Å². The van der Waals surface area contributed by atoms with Crippen LogP contribution in [-0.4, -0.2) is 28.5 Å². The Bertz CT molecular complexity index is 766. The standard InChI is InChI=1S/C19H22N2O2/c1-19(16-7-4-3-5-8-16)11-6-12-21(14-19)18(23)15-9-10-17(22)20(2)13-15/h3-5,7-10,13H,6,11-12,14H2,1-2H3. The van der Waals surface area contributed by atoms with Crippen molar-refractivity contribution in [3.8, 4) is 0 Å². The van der Waals surface area contributed by atoms with E-state index in [2.05, 4.69) is 19.1 Å². The molecule has 1 aliphatic rings. The van der Waals surface area contributed by atoms with Gasteiger partial charge < -0.3 is 9.47 Å². The van der Waals surface area contributed by atoms with Crippen molar-refractivity contribution in [2.45, 2.75) is 25.2 Å². The Morgan fingerprint density at radius 1 is 1.13 bits per heavy atom. The number of nitrogens with zero attached hydrogens (tertiary/aromatic N) is 2. The zero-order chi connectivity index (χ0) is 16.4. The maximum Gasteiger partial charge on any atom is 0.255 e. The largest absolute Gasteiger partial charge is 0.338 e. The molecule has 1 aliphatic heterocycles. The molecule has 1 fully saturated rings. The Kier molecular flexibility index (Phi) is 4.07. The highest BCUT2D eigenvalue weighted by atomic mass is 16.2. The minimum absolute atomic E-state index is 0.00227. The van der Waals surface area contributed by atoms with Gasteiger partial charge in [0.05, 0.1) is 5.56 Å². The van der Waals surface area contributed by atoms with E-state index in [4.69, 9.17) is 0 Å². The van der Waals surface area contributed by atoms with Crippen LogP contribution >= 0.6 is 0 Å². The summed E-state index contributed by atoms with van der Waals surface area (Å²) in [6.45, 7) is 3.70. The van der Waals surface area contributed by atoms with Crippen LogP contribution in [0.5, 0.6) is 0 Å². The molecule has 3 rings (SSSR count). The molecule has 1 unspecified atom stereocenters. The van der Waals surface area contributed by atoms with E-state index in [1.54, 1.807) is 19.3 Å². The molecule has 23 heavy (non-hydrogen) atoms. The number of amides is 1. The van der Waals surface area contributed by atoms with Crippen LogP contribution in [0.4, 0.5) is 0 Å². The van der Waals surface area contributed by atoms with E-state index in [0.717, 1.165) is 19.4 Å². The first kappa shape index (κ1) is 15.5. The average molecular weight is 310 g/mol. The summed E-state index contributed by atoms with van der Waals surface area (Å²) in [4.78, 5) is 26.2. The van der Waals surface area contributed by atoms with E-state index in [1.165, 1.54) is 16.2 Å². The molecule has 120 valence electrons. The summed E-state index contributed by atoms with van der Waals surface area (Å²) in [5, 5.41) is 0. The van der Waals surface area contributed by atoms with Crippen molar-refractivity contribution in [2.75, 3.05) is 13.1 Å². The van der Waals surface area contributed by atoms with Crippen LogP contribution in [0.2, 0.25) is 0 Å². The number of hydrogen-bond acceptors (Lipinski definition) is 2. The highest BCUT2D eigenvalue weighted by molar-refractivity contribution is 5.94. The molecule has 2 heterocycles. The third kappa shape index (κ3) is 3.07. The minimum atomic E-state index is -0.102. The fraction of sp³-hybridized carbons (Fsp3) is 0.368. The molecule has 1 atom stereocenters. The van der Waals surface area contributed by atoms with Crippen molar-refractivity contribution in [3.05, 3.63) is 70.1 Å². The molecule has 1 saturated heterocycles. The zero-order valence-electron chi connectivity index (χ0n) is 13.7. The molecule has 4 nitrogen and oxygen atoms in total. The summed E-state index contributed by atoms with van der Waals surface area (Å²) >= 11 is 0. The van der Waals surface area contributed by atoms with E-state index in [0.29, 0.717) is 12.1 Å². The highest BCUT2D eigenvalue weighted by Gasteiger charge is 2.34. The topological polar surface area (TPSA) is 42.3 Å². The smallest absolute Gasteiger partial charge is 0.255 e. The summed E-state index contributed by atoms with van der Waals surface area (Å²) in [7, 11) is 1.67. The number of likely N-dealkylation sites (tertiary alicyclic amines) is 1. The molecular formula is C19H22N2O2. The molecule has 1 amide bonds. The van der Waals surface area contributed by atoms with Crippen LogP contribution in [0, 0.1) is 0 Å². The third-order valence-corrected chi connectivity index (χ3v) is 4.79. The molecule has 0 N–H and O–H groups in total. The Morgan fingerprint density at radius 3 is 2.57 bits per heavy atom. The van der Waals surface area contributed by atoms with Gasteiger partial charge in [-0.2, -0.15) is 0 Å². The number of pyridine rings is 1. The van der Waals surface area contributed by atoms with Gasteiger partial charge in [0.2, 0.25) is 5.56 Å². The molecule has 0 saturated carbocycles. The second-order valence-electron chi connectivity index (χ2n) is 6.62. The molecule has 0 aliphatic carbocycles. The lowest BCUT2D eigenvalue weighted by Gasteiger charge is -2.41. The van der Waals surface area contributed by atoms with Crippen molar-refractivity contribution in [1.82, 2.24) is 9.47 Å². The van der Waals surface area contributed by atoms with Gasteiger partial charge in [-0.25, -0.2) is 0 Å². The zero-order valence-corrected chi connectivity index (χ0v) is 13.7. The van der Waals surface area contributed by atoms with Gasteiger partial charge in [-0.3, -0.25) is 9.59 Å². The molecular weight excluding hydrogens is 288 g/mol. The molecule has 1 aromatic heterocycles. The summed E-state index contributed by atoms with van der Waals surface area (Å²) in [6.07, 6.45) is 3.69. The van der Waals surface area contributed by atoms with Crippen molar-refractivity contribution >= 4 is 5.91 Å². The summed E-state index contributed by atoms with van der Waals surface area (Å²) in [5.41, 5.74) is 1.73. The Hall–Kier alpha value is -2.36. The number of aryl methyl sites for hydroxylation is 1. The van der Waals surface area contributed by atoms with E-state index >= 15 is 0 Å². The molecule has 4 heteroatoms. The summed E-state index contributed by atoms with van der Waals surface area (Å²) in [6, 6.07) is 13.5. The number of rotatable bonds is 2. The highest BCUT2D eigenvalue weighted by Crippen LogP contribution is 2.33. The number of carbonyl (C=O) groups is 1. The monoisotopic (exact) mass is 310 g/mol. The lowest BCUT2D eigenvalue weighted by atomic mass is 9.76. The maximum atomic E-state index is 12.8.